The minimum atomic E-state index is -0.196. The first-order chi connectivity index (χ1) is 16.1. The molecule has 3 heterocycles. The zero-order valence-corrected chi connectivity index (χ0v) is 19.1. The number of rotatable bonds is 6. The molecule has 0 saturated carbocycles. The molecule has 2 fully saturated rings. The smallest absolute Gasteiger partial charge is 0.238 e. The standard InChI is InChI=1S/C26H33FN4O2/c27-21-5-3-19(4-6-21)20-9-13-31(14-10-20)18-26(32)29-22-7-8-25-24(15-22)28-16-23(33-25)17-30-11-1-2-12-30/h3-8,15,20,23,28H,1-2,9-14,16-18H2,(H,29,32). The Labute approximate surface area is 195 Å². The van der Waals surface area contributed by atoms with E-state index in [-0.39, 0.29) is 17.8 Å². The number of hydrogen-bond donors (Lipinski definition) is 2. The minimum Gasteiger partial charge on any atom is -0.485 e. The molecule has 3 aliphatic heterocycles. The summed E-state index contributed by atoms with van der Waals surface area (Å²) >= 11 is 0. The molecule has 2 N–H and O–H groups in total. The molecular weight excluding hydrogens is 419 g/mol. The van der Waals surface area contributed by atoms with Gasteiger partial charge in [-0.05, 0) is 93.7 Å². The fourth-order valence-corrected chi connectivity index (χ4v) is 5.21. The second-order valence-electron chi connectivity index (χ2n) is 9.49. The van der Waals surface area contributed by atoms with Crippen molar-refractivity contribution in [2.75, 3.05) is 56.4 Å². The van der Waals surface area contributed by atoms with Crippen LogP contribution in [-0.2, 0) is 4.79 Å². The zero-order chi connectivity index (χ0) is 22.6. The lowest BCUT2D eigenvalue weighted by Gasteiger charge is -2.32. The lowest BCUT2D eigenvalue weighted by molar-refractivity contribution is -0.117. The number of anilines is 2. The summed E-state index contributed by atoms with van der Waals surface area (Å²) in [6.07, 6.45) is 4.70. The first-order valence-corrected chi connectivity index (χ1v) is 12.2. The Hall–Kier alpha value is -2.64. The number of piperidine rings is 1. The predicted octanol–water partition coefficient (Wildman–Crippen LogP) is 3.91. The molecule has 2 aromatic carbocycles. The maximum absolute atomic E-state index is 13.2. The minimum absolute atomic E-state index is 0.00109. The molecule has 2 aromatic rings. The Balaban J connectivity index is 1.09. The molecule has 6 nitrogen and oxygen atoms in total. The van der Waals surface area contributed by atoms with Gasteiger partial charge in [-0.25, -0.2) is 4.39 Å². The highest BCUT2D eigenvalue weighted by Crippen LogP contribution is 2.32. The molecule has 0 bridgehead atoms. The number of nitrogens with zero attached hydrogens (tertiary/aromatic N) is 2. The van der Waals surface area contributed by atoms with Crippen LogP contribution in [0.4, 0.5) is 15.8 Å². The number of benzene rings is 2. The van der Waals surface area contributed by atoms with E-state index in [2.05, 4.69) is 20.4 Å². The number of amides is 1. The van der Waals surface area contributed by atoms with Crippen molar-refractivity contribution in [3.8, 4) is 5.75 Å². The van der Waals surface area contributed by atoms with Crippen LogP contribution in [0.25, 0.3) is 0 Å². The third-order valence-electron chi connectivity index (χ3n) is 7.03. The highest BCUT2D eigenvalue weighted by atomic mass is 19.1. The summed E-state index contributed by atoms with van der Waals surface area (Å²) in [5.74, 6) is 1.09. The molecular formula is C26H33FN4O2. The van der Waals surface area contributed by atoms with E-state index in [9.17, 15) is 9.18 Å². The Morgan fingerprint density at radius 1 is 1.03 bits per heavy atom. The Morgan fingerprint density at radius 2 is 1.79 bits per heavy atom. The lowest BCUT2D eigenvalue weighted by atomic mass is 9.89. The van der Waals surface area contributed by atoms with Crippen LogP contribution in [0.3, 0.4) is 0 Å². The van der Waals surface area contributed by atoms with Crippen LogP contribution in [-0.4, -0.2) is 67.6 Å². The van der Waals surface area contributed by atoms with E-state index in [0.717, 1.165) is 56.1 Å². The zero-order valence-electron chi connectivity index (χ0n) is 19.1. The van der Waals surface area contributed by atoms with Gasteiger partial charge in [0.2, 0.25) is 5.91 Å². The van der Waals surface area contributed by atoms with Gasteiger partial charge < -0.3 is 15.4 Å². The second-order valence-corrected chi connectivity index (χ2v) is 9.49. The van der Waals surface area contributed by atoms with Crippen molar-refractivity contribution in [2.24, 2.45) is 0 Å². The molecule has 1 amide bonds. The molecule has 7 heteroatoms. The van der Waals surface area contributed by atoms with Gasteiger partial charge in [0.15, 0.2) is 0 Å². The van der Waals surface area contributed by atoms with Crippen molar-refractivity contribution in [2.45, 2.75) is 37.7 Å². The van der Waals surface area contributed by atoms with Crippen LogP contribution in [0.5, 0.6) is 5.75 Å². The van der Waals surface area contributed by atoms with Crippen molar-refractivity contribution >= 4 is 17.3 Å². The van der Waals surface area contributed by atoms with Gasteiger partial charge in [-0.15, -0.1) is 0 Å². The van der Waals surface area contributed by atoms with Gasteiger partial charge >= 0.3 is 0 Å². The van der Waals surface area contributed by atoms with Gasteiger partial charge in [-0.1, -0.05) is 12.1 Å². The molecule has 176 valence electrons. The summed E-state index contributed by atoms with van der Waals surface area (Å²) in [5, 5.41) is 6.50. The number of ether oxygens (including phenoxy) is 1. The largest absolute Gasteiger partial charge is 0.485 e. The fourth-order valence-electron chi connectivity index (χ4n) is 5.21. The summed E-state index contributed by atoms with van der Waals surface area (Å²) in [6, 6.07) is 12.6. The van der Waals surface area contributed by atoms with E-state index in [1.165, 1.54) is 43.6 Å². The summed E-state index contributed by atoms with van der Waals surface area (Å²) in [7, 11) is 0. The van der Waals surface area contributed by atoms with Crippen LogP contribution >= 0.6 is 0 Å². The van der Waals surface area contributed by atoms with Crippen molar-refractivity contribution in [1.82, 2.24) is 9.80 Å². The monoisotopic (exact) mass is 452 g/mol. The molecule has 1 unspecified atom stereocenters. The number of halogens is 1. The molecule has 2 saturated heterocycles. The van der Waals surface area contributed by atoms with Crippen molar-refractivity contribution in [3.05, 3.63) is 53.8 Å². The van der Waals surface area contributed by atoms with Crippen molar-refractivity contribution < 1.29 is 13.9 Å². The third kappa shape index (κ3) is 5.65. The molecule has 0 aromatic heterocycles. The number of fused-ring (bicyclic) bond motifs is 1. The van der Waals surface area contributed by atoms with Crippen LogP contribution in [0.15, 0.2) is 42.5 Å². The van der Waals surface area contributed by atoms with E-state index in [4.69, 9.17) is 4.74 Å². The summed E-state index contributed by atoms with van der Waals surface area (Å²) in [6.45, 7) is 6.20. The molecule has 3 aliphatic rings. The van der Waals surface area contributed by atoms with Gasteiger partial charge in [0, 0.05) is 12.2 Å². The predicted molar refractivity (Wildman–Crippen MR) is 128 cm³/mol. The van der Waals surface area contributed by atoms with Crippen molar-refractivity contribution in [3.63, 3.8) is 0 Å². The van der Waals surface area contributed by atoms with Gasteiger partial charge in [-0.3, -0.25) is 14.6 Å². The van der Waals surface area contributed by atoms with Crippen molar-refractivity contribution in [1.29, 1.82) is 0 Å². The maximum Gasteiger partial charge on any atom is 0.238 e. The Morgan fingerprint density at radius 3 is 2.55 bits per heavy atom. The average molecular weight is 453 g/mol. The average Bonchev–Trinajstić information content (AvgIpc) is 3.33. The summed E-state index contributed by atoms with van der Waals surface area (Å²) < 4.78 is 19.3. The first-order valence-electron chi connectivity index (χ1n) is 12.2. The summed E-state index contributed by atoms with van der Waals surface area (Å²) in [5.41, 5.74) is 2.91. The lowest BCUT2D eigenvalue weighted by Crippen LogP contribution is -2.40. The Kier molecular flexibility index (Phi) is 6.78. The number of carbonyl (C=O) groups excluding carboxylic acids is 1. The van der Waals surface area contributed by atoms with E-state index < -0.39 is 0 Å². The SMILES string of the molecule is O=C(CN1CCC(c2ccc(F)cc2)CC1)Nc1ccc2c(c1)NCC(CN1CCCC1)O2. The highest BCUT2D eigenvalue weighted by Gasteiger charge is 2.25. The van der Waals surface area contributed by atoms with Gasteiger partial charge in [-0.2, -0.15) is 0 Å². The number of likely N-dealkylation sites (tertiary alicyclic amines) is 2. The van der Waals surface area contributed by atoms with E-state index in [1.807, 2.05) is 30.3 Å². The van der Waals surface area contributed by atoms with Crippen LogP contribution in [0.2, 0.25) is 0 Å². The van der Waals surface area contributed by atoms with Gasteiger partial charge in [0.05, 0.1) is 18.8 Å². The molecule has 1 atom stereocenters. The topological polar surface area (TPSA) is 56.8 Å². The van der Waals surface area contributed by atoms with E-state index in [1.54, 1.807) is 0 Å². The van der Waals surface area contributed by atoms with Crippen LogP contribution < -0.4 is 15.4 Å². The maximum atomic E-state index is 13.2. The molecule has 0 spiro atoms. The quantitative estimate of drug-likeness (QED) is 0.696. The Bertz CT molecular complexity index is 953. The molecule has 0 radical (unpaired) electrons. The second kappa shape index (κ2) is 10.1. The number of hydrogen-bond acceptors (Lipinski definition) is 5. The molecule has 33 heavy (non-hydrogen) atoms. The molecule has 0 aliphatic carbocycles. The van der Waals surface area contributed by atoms with E-state index >= 15 is 0 Å². The normalized spacial score (nSPS) is 21.8. The fraction of sp³-hybridized carbons (Fsp3) is 0.500. The van der Waals surface area contributed by atoms with Gasteiger partial charge in [0.25, 0.3) is 0 Å². The number of carbonyl (C=O) groups is 1. The summed E-state index contributed by atoms with van der Waals surface area (Å²) in [4.78, 5) is 17.3. The number of nitrogens with one attached hydrogen (secondary N) is 2. The third-order valence-corrected chi connectivity index (χ3v) is 7.03. The first kappa shape index (κ1) is 22.2. The van der Waals surface area contributed by atoms with E-state index in [0.29, 0.717) is 12.5 Å². The van der Waals surface area contributed by atoms with Crippen LogP contribution in [0, 0.1) is 5.82 Å². The molecule has 5 rings (SSSR count). The van der Waals surface area contributed by atoms with Crippen LogP contribution in [0.1, 0.15) is 37.2 Å². The highest BCUT2D eigenvalue weighted by molar-refractivity contribution is 5.93. The van der Waals surface area contributed by atoms with Gasteiger partial charge in [0.1, 0.15) is 17.7 Å².